The number of nitrogens with zero attached hydrogens (tertiary/aromatic N) is 2. The second-order valence-electron chi connectivity index (χ2n) is 4.68. The number of hydrogen-bond donors (Lipinski definition) is 2. The van der Waals surface area contributed by atoms with E-state index >= 15 is 0 Å². The first-order valence-electron chi connectivity index (χ1n) is 7.93. The number of nitriles is 1. The standard InChI is InChI=1S/C18H15N3O2.C2H6/c19-12-16(3-1-2-14-4-6-17(22)7-5-14)18(23)21-13-15-8-10-20-11-9-15;1-2/h1-11,22H,13H2,(H,21,23);1-2H3/b2-1+,16-3+;. The molecule has 0 spiro atoms. The summed E-state index contributed by atoms with van der Waals surface area (Å²) in [6, 6.07) is 12.1. The predicted molar refractivity (Wildman–Crippen MR) is 98.3 cm³/mol. The number of amides is 1. The lowest BCUT2D eigenvalue weighted by Gasteiger charge is -2.03. The molecule has 0 radical (unpaired) electrons. The number of aromatic hydroxyl groups is 1. The average molecular weight is 335 g/mol. The molecule has 1 amide bonds. The van der Waals surface area contributed by atoms with Crippen LogP contribution in [0.5, 0.6) is 5.75 Å². The van der Waals surface area contributed by atoms with E-state index in [4.69, 9.17) is 5.26 Å². The van der Waals surface area contributed by atoms with Gasteiger partial charge in [0.15, 0.2) is 0 Å². The van der Waals surface area contributed by atoms with Crippen LogP contribution < -0.4 is 5.32 Å². The van der Waals surface area contributed by atoms with Crippen LogP contribution in [0.4, 0.5) is 0 Å². The Morgan fingerprint density at radius 1 is 1.20 bits per heavy atom. The zero-order valence-corrected chi connectivity index (χ0v) is 14.3. The molecule has 0 aliphatic heterocycles. The summed E-state index contributed by atoms with van der Waals surface area (Å²) < 4.78 is 0. The van der Waals surface area contributed by atoms with E-state index in [0.717, 1.165) is 11.1 Å². The largest absolute Gasteiger partial charge is 0.508 e. The van der Waals surface area contributed by atoms with Crippen molar-refractivity contribution in [2.45, 2.75) is 20.4 Å². The Kier molecular flexibility index (Phi) is 8.80. The first-order chi connectivity index (χ1) is 12.2. The molecule has 5 nitrogen and oxygen atoms in total. The minimum Gasteiger partial charge on any atom is -0.508 e. The lowest BCUT2D eigenvalue weighted by Crippen LogP contribution is -2.23. The molecule has 0 aliphatic carbocycles. The molecule has 0 saturated carbocycles. The highest BCUT2D eigenvalue weighted by molar-refractivity contribution is 5.97. The van der Waals surface area contributed by atoms with Gasteiger partial charge in [0.25, 0.3) is 5.91 Å². The molecule has 5 heteroatoms. The summed E-state index contributed by atoms with van der Waals surface area (Å²) in [5, 5.41) is 21.0. The first-order valence-corrected chi connectivity index (χ1v) is 7.93. The van der Waals surface area contributed by atoms with E-state index in [2.05, 4.69) is 10.3 Å². The van der Waals surface area contributed by atoms with E-state index in [1.165, 1.54) is 6.08 Å². The number of carbonyl (C=O) groups is 1. The van der Waals surface area contributed by atoms with Crippen LogP contribution in [-0.4, -0.2) is 16.0 Å². The number of hydrogen-bond acceptors (Lipinski definition) is 4. The quantitative estimate of drug-likeness (QED) is 0.497. The molecule has 1 aromatic heterocycles. The summed E-state index contributed by atoms with van der Waals surface area (Å²) in [4.78, 5) is 15.8. The predicted octanol–water partition coefficient (Wildman–Crippen LogP) is 3.59. The molecule has 0 aliphatic rings. The zero-order chi connectivity index (χ0) is 18.5. The number of allylic oxidation sites excluding steroid dienone is 2. The molecule has 2 N–H and O–H groups in total. The molecule has 2 aromatic rings. The highest BCUT2D eigenvalue weighted by Gasteiger charge is 2.06. The Balaban J connectivity index is 0.00000151. The van der Waals surface area contributed by atoms with Crippen LogP contribution in [0.2, 0.25) is 0 Å². The topological polar surface area (TPSA) is 86.0 Å². The third kappa shape index (κ3) is 7.14. The van der Waals surface area contributed by atoms with Crippen molar-refractivity contribution in [3.05, 3.63) is 77.6 Å². The summed E-state index contributed by atoms with van der Waals surface area (Å²) in [7, 11) is 0. The lowest BCUT2D eigenvalue weighted by molar-refractivity contribution is -0.117. The Labute approximate surface area is 148 Å². The minimum atomic E-state index is -0.431. The van der Waals surface area contributed by atoms with Gasteiger partial charge in [-0.3, -0.25) is 9.78 Å². The zero-order valence-electron chi connectivity index (χ0n) is 14.3. The van der Waals surface area contributed by atoms with Crippen LogP contribution in [0.3, 0.4) is 0 Å². The van der Waals surface area contributed by atoms with Gasteiger partial charge in [0, 0.05) is 18.9 Å². The molecular weight excluding hydrogens is 314 g/mol. The maximum Gasteiger partial charge on any atom is 0.262 e. The number of nitrogens with one attached hydrogen (secondary N) is 1. The van der Waals surface area contributed by atoms with Crippen LogP contribution in [0.15, 0.2) is 66.5 Å². The van der Waals surface area contributed by atoms with E-state index in [9.17, 15) is 9.90 Å². The summed E-state index contributed by atoms with van der Waals surface area (Å²) in [6.07, 6.45) is 8.10. The average Bonchev–Trinajstić information content (AvgIpc) is 2.67. The van der Waals surface area contributed by atoms with Gasteiger partial charge in [-0.1, -0.05) is 38.1 Å². The minimum absolute atomic E-state index is 0.0223. The number of pyridine rings is 1. The maximum absolute atomic E-state index is 12.0. The highest BCUT2D eigenvalue weighted by atomic mass is 16.3. The van der Waals surface area contributed by atoms with Gasteiger partial charge in [0.2, 0.25) is 0 Å². The SMILES string of the molecule is CC.N#C/C(=C\C=C\c1ccc(O)cc1)C(=O)NCc1ccncc1. The van der Waals surface area contributed by atoms with Crippen molar-refractivity contribution in [1.29, 1.82) is 5.26 Å². The van der Waals surface area contributed by atoms with Crippen LogP contribution in [0.25, 0.3) is 6.08 Å². The summed E-state index contributed by atoms with van der Waals surface area (Å²) in [5.74, 6) is -0.245. The van der Waals surface area contributed by atoms with Crippen molar-refractivity contribution >= 4 is 12.0 Å². The van der Waals surface area contributed by atoms with Crippen molar-refractivity contribution in [1.82, 2.24) is 10.3 Å². The van der Waals surface area contributed by atoms with Gasteiger partial charge in [0.1, 0.15) is 17.4 Å². The third-order valence-corrected chi connectivity index (χ3v) is 3.01. The fourth-order valence-corrected chi connectivity index (χ4v) is 1.78. The second kappa shape index (κ2) is 11.2. The number of phenolic OH excluding ortho intramolecular Hbond substituents is 1. The van der Waals surface area contributed by atoms with Gasteiger partial charge in [-0.25, -0.2) is 0 Å². The Hall–Kier alpha value is -3.39. The van der Waals surface area contributed by atoms with Crippen LogP contribution in [-0.2, 0) is 11.3 Å². The van der Waals surface area contributed by atoms with Crippen molar-refractivity contribution in [3.8, 4) is 11.8 Å². The van der Waals surface area contributed by atoms with Crippen LogP contribution >= 0.6 is 0 Å². The number of benzene rings is 1. The highest BCUT2D eigenvalue weighted by Crippen LogP contribution is 2.11. The number of phenols is 1. The Morgan fingerprint density at radius 2 is 1.84 bits per heavy atom. The van der Waals surface area contributed by atoms with Gasteiger partial charge in [-0.15, -0.1) is 0 Å². The normalized spacial score (nSPS) is 10.5. The van der Waals surface area contributed by atoms with Gasteiger partial charge < -0.3 is 10.4 Å². The van der Waals surface area contributed by atoms with Gasteiger partial charge in [-0.2, -0.15) is 5.26 Å². The van der Waals surface area contributed by atoms with Crippen LogP contribution in [0.1, 0.15) is 25.0 Å². The number of carbonyl (C=O) groups excluding carboxylic acids is 1. The van der Waals surface area contributed by atoms with Crippen molar-refractivity contribution in [3.63, 3.8) is 0 Å². The van der Waals surface area contributed by atoms with E-state index < -0.39 is 5.91 Å². The molecule has 2 rings (SSSR count). The monoisotopic (exact) mass is 335 g/mol. The molecule has 1 heterocycles. The second-order valence-corrected chi connectivity index (χ2v) is 4.68. The van der Waals surface area contributed by atoms with E-state index in [1.54, 1.807) is 60.9 Å². The smallest absolute Gasteiger partial charge is 0.262 e. The van der Waals surface area contributed by atoms with Crippen molar-refractivity contribution in [2.75, 3.05) is 0 Å². The molecule has 0 bridgehead atoms. The van der Waals surface area contributed by atoms with Crippen molar-refractivity contribution < 1.29 is 9.90 Å². The molecule has 1 aromatic carbocycles. The molecule has 0 fully saturated rings. The molecular formula is C20H21N3O2. The molecule has 0 saturated heterocycles. The molecule has 128 valence electrons. The Bertz CT molecular complexity index is 758. The van der Waals surface area contributed by atoms with E-state index in [0.29, 0.717) is 6.54 Å². The molecule has 0 unspecified atom stereocenters. The van der Waals surface area contributed by atoms with E-state index in [1.807, 2.05) is 19.9 Å². The van der Waals surface area contributed by atoms with Gasteiger partial charge in [-0.05, 0) is 41.5 Å². The molecule has 25 heavy (non-hydrogen) atoms. The Morgan fingerprint density at radius 3 is 2.44 bits per heavy atom. The third-order valence-electron chi connectivity index (χ3n) is 3.01. The van der Waals surface area contributed by atoms with Gasteiger partial charge in [0.05, 0.1) is 0 Å². The fraction of sp³-hybridized carbons (Fsp3) is 0.150. The summed E-state index contributed by atoms with van der Waals surface area (Å²) in [6.45, 7) is 4.34. The lowest BCUT2D eigenvalue weighted by atomic mass is 10.2. The summed E-state index contributed by atoms with van der Waals surface area (Å²) >= 11 is 0. The van der Waals surface area contributed by atoms with Gasteiger partial charge >= 0.3 is 0 Å². The number of aromatic nitrogens is 1. The maximum atomic E-state index is 12.0. The fourth-order valence-electron chi connectivity index (χ4n) is 1.78. The molecule has 0 atom stereocenters. The first kappa shape index (κ1) is 19.7. The number of rotatable bonds is 5. The van der Waals surface area contributed by atoms with E-state index in [-0.39, 0.29) is 11.3 Å². The van der Waals surface area contributed by atoms with Crippen LogP contribution in [0, 0.1) is 11.3 Å². The van der Waals surface area contributed by atoms with Crippen molar-refractivity contribution in [2.24, 2.45) is 0 Å². The summed E-state index contributed by atoms with van der Waals surface area (Å²) in [5.41, 5.74) is 1.79.